The summed E-state index contributed by atoms with van der Waals surface area (Å²) in [6.07, 6.45) is 0. The van der Waals surface area contributed by atoms with Crippen LogP contribution in [-0.4, -0.2) is 25.6 Å². The predicted molar refractivity (Wildman–Crippen MR) is 80.3 cm³/mol. The molecule has 1 aromatic heterocycles. The van der Waals surface area contributed by atoms with Crippen LogP contribution >= 0.6 is 11.8 Å². The van der Waals surface area contributed by atoms with E-state index in [1.165, 1.54) is 11.8 Å². The Morgan fingerprint density at radius 1 is 1.30 bits per heavy atom. The Morgan fingerprint density at radius 2 is 2.00 bits per heavy atom. The molecule has 0 aliphatic heterocycles. The highest BCUT2D eigenvalue weighted by molar-refractivity contribution is 7.99. The molecule has 1 heterocycles. The summed E-state index contributed by atoms with van der Waals surface area (Å²) in [6, 6.07) is 9.64. The lowest BCUT2D eigenvalue weighted by molar-refractivity contribution is 0.0838. The zero-order chi connectivity index (χ0) is 14.6. The monoisotopic (exact) mass is 292 g/mol. The number of aliphatic hydroxyl groups is 1. The van der Waals surface area contributed by atoms with E-state index in [9.17, 15) is 5.11 Å². The quantitative estimate of drug-likeness (QED) is 0.793. The molecule has 0 saturated carbocycles. The predicted octanol–water partition coefficient (Wildman–Crippen LogP) is 1.76. The van der Waals surface area contributed by atoms with E-state index in [0.717, 1.165) is 23.1 Å². The maximum Gasteiger partial charge on any atom is 0.191 e. The van der Waals surface area contributed by atoms with Gasteiger partial charge in [0.05, 0.1) is 12.1 Å². The lowest BCUT2D eigenvalue weighted by Gasteiger charge is -2.23. The summed E-state index contributed by atoms with van der Waals surface area (Å²) in [7, 11) is 0. The van der Waals surface area contributed by atoms with Gasteiger partial charge in [0.25, 0.3) is 0 Å². The van der Waals surface area contributed by atoms with Crippen LogP contribution in [0, 0.1) is 0 Å². The second-order valence-corrected chi connectivity index (χ2v) is 5.72. The van der Waals surface area contributed by atoms with E-state index in [4.69, 9.17) is 5.73 Å². The van der Waals surface area contributed by atoms with E-state index < -0.39 is 5.60 Å². The molecule has 2 rings (SSSR count). The van der Waals surface area contributed by atoms with Crippen LogP contribution in [0.1, 0.15) is 25.2 Å². The van der Waals surface area contributed by atoms with Gasteiger partial charge in [-0.2, -0.15) is 0 Å². The second kappa shape index (κ2) is 6.39. The van der Waals surface area contributed by atoms with E-state index in [1.54, 1.807) is 0 Å². The van der Waals surface area contributed by atoms with Gasteiger partial charge in [-0.15, -0.1) is 10.2 Å². The molecular weight excluding hydrogens is 272 g/mol. The number of hydrogen-bond acceptors (Lipinski definition) is 5. The summed E-state index contributed by atoms with van der Waals surface area (Å²) < 4.78 is 1.98. The number of hydrogen-bond donors (Lipinski definition) is 2. The minimum Gasteiger partial charge on any atom is -0.385 e. The van der Waals surface area contributed by atoms with Gasteiger partial charge in [0.1, 0.15) is 5.82 Å². The van der Waals surface area contributed by atoms with Gasteiger partial charge in [0, 0.05) is 12.3 Å². The van der Waals surface area contributed by atoms with Gasteiger partial charge in [-0.3, -0.25) is 0 Å². The summed E-state index contributed by atoms with van der Waals surface area (Å²) in [5.41, 5.74) is 5.62. The summed E-state index contributed by atoms with van der Waals surface area (Å²) in [4.78, 5) is 0. The molecule has 0 radical (unpaired) electrons. The minimum atomic E-state index is -0.903. The van der Waals surface area contributed by atoms with E-state index in [1.807, 2.05) is 48.7 Å². The SMILES string of the molecule is CCn1c(CN)nnc1SCC(C)(O)c1ccccc1. The van der Waals surface area contributed by atoms with Crippen LogP contribution in [0.5, 0.6) is 0 Å². The van der Waals surface area contributed by atoms with Crippen molar-refractivity contribution in [2.24, 2.45) is 5.73 Å². The second-order valence-electron chi connectivity index (χ2n) is 4.78. The maximum absolute atomic E-state index is 10.6. The lowest BCUT2D eigenvalue weighted by atomic mass is 9.99. The molecule has 108 valence electrons. The first kappa shape index (κ1) is 15.0. The van der Waals surface area contributed by atoms with Crippen molar-refractivity contribution in [1.29, 1.82) is 0 Å². The van der Waals surface area contributed by atoms with Crippen molar-refractivity contribution in [3.8, 4) is 0 Å². The molecule has 0 fully saturated rings. The fourth-order valence-electron chi connectivity index (χ4n) is 1.98. The molecule has 1 aromatic carbocycles. The average Bonchev–Trinajstić information content (AvgIpc) is 2.88. The Kier molecular flexibility index (Phi) is 4.80. The highest BCUT2D eigenvalue weighted by atomic mass is 32.2. The molecule has 5 nitrogen and oxygen atoms in total. The van der Waals surface area contributed by atoms with Crippen molar-refractivity contribution in [1.82, 2.24) is 14.8 Å². The van der Waals surface area contributed by atoms with Gasteiger partial charge in [-0.25, -0.2) is 0 Å². The molecule has 0 aliphatic rings. The topological polar surface area (TPSA) is 77.0 Å². The molecule has 0 amide bonds. The smallest absolute Gasteiger partial charge is 0.191 e. The molecule has 1 unspecified atom stereocenters. The van der Waals surface area contributed by atoms with Crippen LogP contribution in [0.15, 0.2) is 35.5 Å². The number of nitrogens with zero attached hydrogens (tertiary/aromatic N) is 3. The third-order valence-electron chi connectivity index (χ3n) is 3.17. The summed E-state index contributed by atoms with van der Waals surface area (Å²) in [6.45, 7) is 4.99. The Bertz CT molecular complexity index is 554. The van der Waals surface area contributed by atoms with Gasteiger partial charge in [-0.05, 0) is 19.4 Å². The molecule has 6 heteroatoms. The van der Waals surface area contributed by atoms with Crippen LogP contribution in [0.3, 0.4) is 0 Å². The number of thioether (sulfide) groups is 1. The molecule has 20 heavy (non-hydrogen) atoms. The highest BCUT2D eigenvalue weighted by Gasteiger charge is 2.24. The zero-order valence-corrected chi connectivity index (χ0v) is 12.6. The number of rotatable bonds is 6. The Labute approximate surface area is 123 Å². The highest BCUT2D eigenvalue weighted by Crippen LogP contribution is 2.28. The molecule has 0 aliphatic carbocycles. The van der Waals surface area contributed by atoms with Crippen molar-refractivity contribution < 1.29 is 5.11 Å². The molecule has 1 atom stereocenters. The van der Waals surface area contributed by atoms with Crippen LogP contribution < -0.4 is 5.73 Å². The van der Waals surface area contributed by atoms with Crippen LogP contribution in [0.4, 0.5) is 0 Å². The van der Waals surface area contributed by atoms with Gasteiger partial charge in [-0.1, -0.05) is 42.1 Å². The van der Waals surface area contributed by atoms with Crippen molar-refractivity contribution in [2.45, 2.75) is 37.7 Å². The van der Waals surface area contributed by atoms with E-state index >= 15 is 0 Å². The average molecular weight is 292 g/mol. The van der Waals surface area contributed by atoms with Crippen molar-refractivity contribution >= 4 is 11.8 Å². The lowest BCUT2D eigenvalue weighted by Crippen LogP contribution is -2.24. The van der Waals surface area contributed by atoms with Crippen LogP contribution in [0.25, 0.3) is 0 Å². The first-order chi connectivity index (χ1) is 9.58. The van der Waals surface area contributed by atoms with Crippen molar-refractivity contribution in [3.63, 3.8) is 0 Å². The largest absolute Gasteiger partial charge is 0.385 e. The van der Waals surface area contributed by atoms with Gasteiger partial charge in [0.15, 0.2) is 5.16 Å². The van der Waals surface area contributed by atoms with Gasteiger partial charge >= 0.3 is 0 Å². The van der Waals surface area contributed by atoms with Gasteiger partial charge in [0.2, 0.25) is 0 Å². The van der Waals surface area contributed by atoms with Crippen molar-refractivity contribution in [3.05, 3.63) is 41.7 Å². The first-order valence-corrected chi connectivity index (χ1v) is 7.60. The van der Waals surface area contributed by atoms with E-state index in [0.29, 0.717) is 12.3 Å². The number of nitrogens with two attached hydrogens (primary N) is 1. The minimum absolute atomic E-state index is 0.372. The first-order valence-electron chi connectivity index (χ1n) is 6.61. The van der Waals surface area contributed by atoms with Crippen molar-refractivity contribution in [2.75, 3.05) is 5.75 Å². The third kappa shape index (κ3) is 3.20. The van der Waals surface area contributed by atoms with Crippen LogP contribution in [0.2, 0.25) is 0 Å². The molecular formula is C14H20N4OS. The zero-order valence-electron chi connectivity index (χ0n) is 11.8. The molecule has 2 aromatic rings. The van der Waals surface area contributed by atoms with E-state index in [-0.39, 0.29) is 0 Å². The summed E-state index contributed by atoms with van der Waals surface area (Å²) in [5, 5.41) is 19.6. The Morgan fingerprint density at radius 3 is 2.60 bits per heavy atom. The molecule has 0 saturated heterocycles. The standard InChI is InChI=1S/C14H20N4OS/c1-3-18-12(9-15)16-17-13(18)20-10-14(2,19)11-7-5-4-6-8-11/h4-8,19H,3,9-10,15H2,1-2H3. The number of aromatic nitrogens is 3. The Hall–Kier alpha value is -1.37. The van der Waals surface area contributed by atoms with E-state index in [2.05, 4.69) is 10.2 Å². The maximum atomic E-state index is 10.6. The Balaban J connectivity index is 2.10. The fourth-order valence-corrected chi connectivity index (χ4v) is 3.05. The summed E-state index contributed by atoms with van der Waals surface area (Å²) >= 11 is 1.49. The normalized spacial score (nSPS) is 14.2. The summed E-state index contributed by atoms with van der Waals surface area (Å²) in [5.74, 6) is 1.29. The molecule has 0 spiro atoms. The number of benzene rings is 1. The van der Waals surface area contributed by atoms with Gasteiger partial charge < -0.3 is 15.4 Å². The molecule has 0 bridgehead atoms. The fraction of sp³-hybridized carbons (Fsp3) is 0.429. The molecule has 3 N–H and O–H groups in total. The van der Waals surface area contributed by atoms with Crippen LogP contribution in [-0.2, 0) is 18.7 Å². The third-order valence-corrected chi connectivity index (χ3v) is 4.44.